The number of halogens is 1. The molecule has 0 spiro atoms. The Morgan fingerprint density at radius 3 is 2.85 bits per heavy atom. The van der Waals surface area contributed by atoms with Crippen LogP contribution in [-0.2, 0) is 10.2 Å². The van der Waals surface area contributed by atoms with Crippen molar-refractivity contribution in [3.63, 3.8) is 0 Å². The summed E-state index contributed by atoms with van der Waals surface area (Å²) in [6.45, 7) is 2.73. The molecule has 1 heterocycles. The Hall–Kier alpha value is -1.56. The number of hydrogen-bond acceptors (Lipinski definition) is 2. The van der Waals surface area contributed by atoms with Crippen LogP contribution in [-0.4, -0.2) is 43.4 Å². The number of primary amides is 1. The maximum Gasteiger partial charge on any atom is 0.217 e. The molecule has 1 saturated carbocycles. The van der Waals surface area contributed by atoms with Gasteiger partial charge in [-0.15, -0.1) is 0 Å². The first kappa shape index (κ1) is 19.2. The quantitative estimate of drug-likeness (QED) is 0.567. The molecule has 1 amide bonds. The number of amides is 1. The number of nitrogens with two attached hydrogens (primary N) is 1. The molecule has 1 aliphatic heterocycles. The third-order valence-electron chi connectivity index (χ3n) is 5.85. The van der Waals surface area contributed by atoms with Crippen LogP contribution in [0.4, 0.5) is 0 Å². The van der Waals surface area contributed by atoms with Crippen molar-refractivity contribution in [2.75, 3.05) is 26.7 Å². The smallest absolute Gasteiger partial charge is 0.217 e. The van der Waals surface area contributed by atoms with Gasteiger partial charge in [-0.1, -0.05) is 34.5 Å². The number of aliphatic imine (C=N–C) groups is 1. The van der Waals surface area contributed by atoms with Crippen LogP contribution in [0.1, 0.15) is 44.1 Å². The number of piperidine rings is 1. The van der Waals surface area contributed by atoms with Gasteiger partial charge in [0.15, 0.2) is 5.96 Å². The van der Waals surface area contributed by atoms with Gasteiger partial charge in [-0.05, 0) is 49.3 Å². The molecule has 3 N–H and O–H groups in total. The van der Waals surface area contributed by atoms with Crippen LogP contribution in [0, 0.1) is 5.92 Å². The van der Waals surface area contributed by atoms with Gasteiger partial charge >= 0.3 is 0 Å². The van der Waals surface area contributed by atoms with Gasteiger partial charge in [0.05, 0.1) is 0 Å². The molecular weight excluding hydrogens is 392 g/mol. The van der Waals surface area contributed by atoms with Gasteiger partial charge in [0.1, 0.15) is 0 Å². The molecule has 3 rings (SSSR count). The molecule has 1 atom stereocenters. The topological polar surface area (TPSA) is 70.7 Å². The van der Waals surface area contributed by atoms with Gasteiger partial charge in [0, 0.05) is 43.0 Å². The summed E-state index contributed by atoms with van der Waals surface area (Å²) in [7, 11) is 1.84. The highest BCUT2D eigenvalue weighted by Crippen LogP contribution is 2.43. The number of carbonyl (C=O) groups excluding carboxylic acids is 1. The van der Waals surface area contributed by atoms with Crippen LogP contribution < -0.4 is 11.1 Å². The Morgan fingerprint density at radius 2 is 2.23 bits per heavy atom. The van der Waals surface area contributed by atoms with Crippen LogP contribution in [0.15, 0.2) is 33.7 Å². The fourth-order valence-electron chi connectivity index (χ4n) is 4.28. The normalized spacial score (nSPS) is 22.6. The molecular formula is C20H29BrN4O. The van der Waals surface area contributed by atoms with E-state index in [-0.39, 0.29) is 11.3 Å². The van der Waals surface area contributed by atoms with Gasteiger partial charge in [0.2, 0.25) is 5.91 Å². The molecule has 1 saturated heterocycles. The summed E-state index contributed by atoms with van der Waals surface area (Å²) in [6.07, 6.45) is 6.30. The van der Waals surface area contributed by atoms with E-state index in [0.29, 0.717) is 12.3 Å². The molecule has 1 aromatic rings. The monoisotopic (exact) mass is 420 g/mol. The van der Waals surface area contributed by atoms with E-state index in [1.54, 1.807) is 0 Å². The largest absolute Gasteiger partial charge is 0.370 e. The number of hydrogen-bond donors (Lipinski definition) is 2. The average molecular weight is 421 g/mol. The molecule has 26 heavy (non-hydrogen) atoms. The minimum absolute atomic E-state index is 0.197. The zero-order valence-electron chi connectivity index (χ0n) is 15.5. The molecule has 1 aromatic carbocycles. The molecule has 2 aliphatic rings. The van der Waals surface area contributed by atoms with Gasteiger partial charge < -0.3 is 16.0 Å². The first-order valence-electron chi connectivity index (χ1n) is 9.52. The molecule has 0 bridgehead atoms. The van der Waals surface area contributed by atoms with E-state index >= 15 is 0 Å². The summed E-state index contributed by atoms with van der Waals surface area (Å²) in [5.74, 6) is 1.07. The SMILES string of the molecule is CN=C(NCC1(c2cccc(Br)c2)CCC1)N1CCCC(CC(N)=O)C1. The lowest BCUT2D eigenvalue weighted by Crippen LogP contribution is -2.52. The van der Waals surface area contributed by atoms with E-state index in [4.69, 9.17) is 5.73 Å². The van der Waals surface area contributed by atoms with E-state index in [2.05, 4.69) is 55.4 Å². The Bertz CT molecular complexity index is 672. The molecule has 0 radical (unpaired) electrons. The highest BCUT2D eigenvalue weighted by molar-refractivity contribution is 9.10. The standard InChI is InChI=1S/C20H29BrN4O/c1-23-19(25-10-3-5-15(13-25)11-18(22)26)24-14-20(8-4-9-20)16-6-2-7-17(21)12-16/h2,6-7,12,15H,3-5,8-11,13-14H2,1H3,(H2,22,26)(H,23,24). The van der Waals surface area contributed by atoms with Crippen molar-refractivity contribution in [3.8, 4) is 0 Å². The predicted octanol–water partition coefficient (Wildman–Crippen LogP) is 3.03. The highest BCUT2D eigenvalue weighted by atomic mass is 79.9. The lowest BCUT2D eigenvalue weighted by molar-refractivity contribution is -0.119. The highest BCUT2D eigenvalue weighted by Gasteiger charge is 2.39. The number of nitrogens with zero attached hydrogens (tertiary/aromatic N) is 2. The first-order valence-corrected chi connectivity index (χ1v) is 10.3. The number of benzene rings is 1. The summed E-state index contributed by atoms with van der Waals surface area (Å²) in [4.78, 5) is 18.0. The third-order valence-corrected chi connectivity index (χ3v) is 6.35. The van der Waals surface area contributed by atoms with E-state index < -0.39 is 0 Å². The molecule has 6 heteroatoms. The molecule has 1 unspecified atom stereocenters. The number of likely N-dealkylation sites (tertiary alicyclic amines) is 1. The van der Waals surface area contributed by atoms with Gasteiger partial charge in [-0.25, -0.2) is 0 Å². The molecule has 142 valence electrons. The zero-order valence-corrected chi connectivity index (χ0v) is 17.1. The van der Waals surface area contributed by atoms with E-state index in [9.17, 15) is 4.79 Å². The Balaban J connectivity index is 1.64. The summed E-state index contributed by atoms with van der Waals surface area (Å²) < 4.78 is 1.14. The van der Waals surface area contributed by atoms with Gasteiger partial charge in [-0.3, -0.25) is 9.79 Å². The average Bonchev–Trinajstić information content (AvgIpc) is 2.57. The number of carbonyl (C=O) groups is 1. The van der Waals surface area contributed by atoms with E-state index in [0.717, 1.165) is 42.9 Å². The van der Waals surface area contributed by atoms with Crippen molar-refractivity contribution in [1.82, 2.24) is 10.2 Å². The molecule has 5 nitrogen and oxygen atoms in total. The van der Waals surface area contributed by atoms with Crippen LogP contribution in [0.5, 0.6) is 0 Å². The predicted molar refractivity (Wildman–Crippen MR) is 109 cm³/mol. The summed E-state index contributed by atoms with van der Waals surface area (Å²) in [5, 5.41) is 3.62. The van der Waals surface area contributed by atoms with E-state index in [1.807, 2.05) is 7.05 Å². The molecule has 2 fully saturated rings. The van der Waals surface area contributed by atoms with Crippen molar-refractivity contribution in [2.45, 2.75) is 43.9 Å². The van der Waals surface area contributed by atoms with Crippen LogP contribution >= 0.6 is 15.9 Å². The van der Waals surface area contributed by atoms with E-state index in [1.165, 1.54) is 24.8 Å². The Labute approximate surface area is 164 Å². The lowest BCUT2D eigenvalue weighted by atomic mass is 9.64. The first-order chi connectivity index (χ1) is 12.5. The summed E-state index contributed by atoms with van der Waals surface area (Å²) in [6, 6.07) is 8.67. The van der Waals surface area contributed by atoms with Gasteiger partial charge in [-0.2, -0.15) is 0 Å². The van der Waals surface area contributed by atoms with Crippen LogP contribution in [0.25, 0.3) is 0 Å². The van der Waals surface area contributed by atoms with Crippen LogP contribution in [0.2, 0.25) is 0 Å². The minimum Gasteiger partial charge on any atom is -0.370 e. The second-order valence-corrected chi connectivity index (χ2v) is 8.59. The minimum atomic E-state index is -0.206. The van der Waals surface area contributed by atoms with Crippen molar-refractivity contribution >= 4 is 27.8 Å². The number of rotatable bonds is 5. The van der Waals surface area contributed by atoms with Gasteiger partial charge in [0.25, 0.3) is 0 Å². The maximum absolute atomic E-state index is 11.3. The fourth-order valence-corrected chi connectivity index (χ4v) is 4.68. The summed E-state index contributed by atoms with van der Waals surface area (Å²) in [5.41, 5.74) is 6.98. The Kier molecular flexibility index (Phi) is 6.22. The fraction of sp³-hybridized carbons (Fsp3) is 0.600. The lowest BCUT2D eigenvalue weighted by Gasteiger charge is -2.44. The Morgan fingerprint density at radius 1 is 1.42 bits per heavy atom. The van der Waals surface area contributed by atoms with Crippen molar-refractivity contribution < 1.29 is 4.79 Å². The number of nitrogens with one attached hydrogen (secondary N) is 1. The second-order valence-electron chi connectivity index (χ2n) is 7.67. The summed E-state index contributed by atoms with van der Waals surface area (Å²) >= 11 is 3.60. The van der Waals surface area contributed by atoms with Crippen molar-refractivity contribution in [2.24, 2.45) is 16.6 Å². The van der Waals surface area contributed by atoms with Crippen molar-refractivity contribution in [1.29, 1.82) is 0 Å². The zero-order chi connectivity index (χ0) is 18.6. The van der Waals surface area contributed by atoms with Crippen LogP contribution in [0.3, 0.4) is 0 Å². The number of guanidine groups is 1. The molecule has 1 aliphatic carbocycles. The second kappa shape index (κ2) is 8.42. The van der Waals surface area contributed by atoms with Crippen molar-refractivity contribution in [3.05, 3.63) is 34.3 Å². The maximum atomic E-state index is 11.3. The molecule has 0 aromatic heterocycles. The third kappa shape index (κ3) is 4.40.